The number of hydrogen-bond donors (Lipinski definition) is 0. The van der Waals surface area contributed by atoms with Gasteiger partial charge in [0.25, 0.3) is 0 Å². The van der Waals surface area contributed by atoms with Crippen molar-refractivity contribution >= 4 is 23.6 Å². The first kappa shape index (κ1) is 22.7. The van der Waals surface area contributed by atoms with E-state index in [0.717, 1.165) is 60.7 Å². The molecule has 5 nitrogen and oxygen atoms in total. The summed E-state index contributed by atoms with van der Waals surface area (Å²) < 4.78 is 14.2. The lowest BCUT2D eigenvalue weighted by molar-refractivity contribution is 0.271. The van der Waals surface area contributed by atoms with Gasteiger partial charge in [0.05, 0.1) is 0 Å². The fraction of sp³-hybridized carbons (Fsp3) is 0.385. The predicted molar refractivity (Wildman–Crippen MR) is 134 cm³/mol. The van der Waals surface area contributed by atoms with E-state index in [1.54, 1.807) is 0 Å². The molecule has 0 amide bonds. The number of aryl methyl sites for hydroxylation is 1. The number of piperazine rings is 1. The third kappa shape index (κ3) is 5.11. The Morgan fingerprint density at radius 3 is 1.97 bits per heavy atom. The molecule has 0 aliphatic carbocycles. The first-order valence-corrected chi connectivity index (χ1v) is 13.4. The van der Waals surface area contributed by atoms with E-state index in [1.165, 1.54) is 0 Å². The normalized spacial score (nSPS) is 15.3. The fourth-order valence-electron chi connectivity index (χ4n) is 4.22. The molecule has 1 fully saturated rings. The van der Waals surface area contributed by atoms with Crippen LogP contribution in [0.15, 0.2) is 66.7 Å². The van der Waals surface area contributed by atoms with Crippen molar-refractivity contribution in [3.63, 3.8) is 0 Å². The molecule has 0 atom stereocenters. The minimum atomic E-state index is -2.66. The zero-order valence-electron chi connectivity index (χ0n) is 19.3. The zero-order valence-corrected chi connectivity index (χ0v) is 20.2. The lowest BCUT2D eigenvalue weighted by atomic mass is 10.2. The van der Waals surface area contributed by atoms with E-state index in [1.807, 2.05) is 67.6 Å². The lowest BCUT2D eigenvalue weighted by Gasteiger charge is -2.36. The van der Waals surface area contributed by atoms with Gasteiger partial charge in [0.2, 0.25) is 0 Å². The van der Waals surface area contributed by atoms with Crippen LogP contribution in [0.3, 0.4) is 0 Å². The molecule has 1 aromatic heterocycles. The van der Waals surface area contributed by atoms with E-state index in [0.29, 0.717) is 12.1 Å². The SMILES string of the molecule is Cc1cc(N2CCN(CCP(=O)(c3ccccc3)c3ccccc3)CC2)nc(C(C)C)n1. The number of anilines is 1. The van der Waals surface area contributed by atoms with Gasteiger partial charge < -0.3 is 9.46 Å². The maximum Gasteiger partial charge on any atom is 0.144 e. The molecule has 6 heteroatoms. The van der Waals surface area contributed by atoms with Crippen molar-refractivity contribution < 1.29 is 4.57 Å². The molecule has 0 radical (unpaired) electrons. The molecule has 0 saturated carbocycles. The largest absolute Gasteiger partial charge is 0.354 e. The molecule has 1 aliphatic rings. The van der Waals surface area contributed by atoms with Gasteiger partial charge in [0, 0.05) is 67.2 Å². The van der Waals surface area contributed by atoms with Crippen LogP contribution < -0.4 is 15.5 Å². The number of rotatable bonds is 7. The second-order valence-electron chi connectivity index (χ2n) is 8.84. The minimum Gasteiger partial charge on any atom is -0.354 e. The summed E-state index contributed by atoms with van der Waals surface area (Å²) in [6.45, 7) is 10.9. The lowest BCUT2D eigenvalue weighted by Crippen LogP contribution is -2.47. The molecule has 2 heterocycles. The summed E-state index contributed by atoms with van der Waals surface area (Å²) >= 11 is 0. The third-order valence-corrected chi connectivity index (χ3v) is 9.24. The van der Waals surface area contributed by atoms with Gasteiger partial charge in [-0.2, -0.15) is 0 Å². The first-order valence-electron chi connectivity index (χ1n) is 11.5. The summed E-state index contributed by atoms with van der Waals surface area (Å²) in [5, 5.41) is 1.89. The van der Waals surface area contributed by atoms with E-state index in [4.69, 9.17) is 4.98 Å². The van der Waals surface area contributed by atoms with Crippen molar-refractivity contribution in [3.8, 4) is 0 Å². The highest BCUT2D eigenvalue weighted by molar-refractivity contribution is 7.78. The van der Waals surface area contributed by atoms with Crippen molar-refractivity contribution in [1.82, 2.24) is 14.9 Å². The van der Waals surface area contributed by atoms with Gasteiger partial charge in [-0.3, -0.25) is 4.90 Å². The molecule has 1 aliphatic heterocycles. The van der Waals surface area contributed by atoms with Gasteiger partial charge in [0.1, 0.15) is 18.8 Å². The Bertz CT molecular complexity index is 1020. The molecule has 1 saturated heterocycles. The van der Waals surface area contributed by atoms with Crippen LogP contribution >= 0.6 is 7.14 Å². The summed E-state index contributed by atoms with van der Waals surface area (Å²) in [5.74, 6) is 2.26. The fourth-order valence-corrected chi connectivity index (χ4v) is 6.91. The highest BCUT2D eigenvalue weighted by Crippen LogP contribution is 2.43. The summed E-state index contributed by atoms with van der Waals surface area (Å²) in [4.78, 5) is 14.2. The Labute approximate surface area is 191 Å². The number of aromatic nitrogens is 2. The standard InChI is InChI=1S/C26H33N4OP/c1-21(2)26-27-22(3)20-25(28-26)30-16-14-29(15-17-30)18-19-32(31,23-10-6-4-7-11-23)24-12-8-5-9-13-24/h4-13,20-21H,14-19H2,1-3H3. The van der Waals surface area contributed by atoms with Gasteiger partial charge >= 0.3 is 0 Å². The van der Waals surface area contributed by atoms with E-state index < -0.39 is 7.14 Å². The van der Waals surface area contributed by atoms with E-state index in [-0.39, 0.29) is 0 Å². The molecule has 0 spiro atoms. The quantitative estimate of drug-likeness (QED) is 0.511. The van der Waals surface area contributed by atoms with Gasteiger partial charge in [-0.1, -0.05) is 74.5 Å². The van der Waals surface area contributed by atoms with Gasteiger partial charge in [-0.15, -0.1) is 0 Å². The van der Waals surface area contributed by atoms with Crippen LogP contribution in [0, 0.1) is 6.92 Å². The minimum absolute atomic E-state index is 0.319. The van der Waals surface area contributed by atoms with Crippen LogP contribution in [0.5, 0.6) is 0 Å². The first-order chi connectivity index (χ1) is 15.5. The van der Waals surface area contributed by atoms with Gasteiger partial charge in [-0.25, -0.2) is 9.97 Å². The molecule has 168 valence electrons. The van der Waals surface area contributed by atoms with Crippen molar-refractivity contribution in [2.45, 2.75) is 26.7 Å². The smallest absolute Gasteiger partial charge is 0.144 e. The maximum absolute atomic E-state index is 14.2. The van der Waals surface area contributed by atoms with Crippen molar-refractivity contribution in [2.75, 3.05) is 43.8 Å². The highest BCUT2D eigenvalue weighted by Gasteiger charge is 2.28. The van der Waals surface area contributed by atoms with Crippen molar-refractivity contribution in [1.29, 1.82) is 0 Å². The second-order valence-corrected chi connectivity index (χ2v) is 11.8. The van der Waals surface area contributed by atoms with Crippen LogP contribution in [0.2, 0.25) is 0 Å². The average molecular weight is 449 g/mol. The van der Waals surface area contributed by atoms with Crippen LogP contribution in [-0.4, -0.2) is 53.8 Å². The van der Waals surface area contributed by atoms with Crippen LogP contribution in [-0.2, 0) is 4.57 Å². The average Bonchev–Trinajstić information content (AvgIpc) is 2.83. The topological polar surface area (TPSA) is 49.3 Å². The maximum atomic E-state index is 14.2. The monoisotopic (exact) mass is 448 g/mol. The van der Waals surface area contributed by atoms with Crippen molar-refractivity contribution in [2.24, 2.45) is 0 Å². The number of nitrogens with zero attached hydrogens (tertiary/aromatic N) is 4. The molecule has 0 N–H and O–H groups in total. The third-order valence-electron chi connectivity index (χ3n) is 6.15. The summed E-state index contributed by atoms with van der Waals surface area (Å²) in [6.07, 6.45) is 0.658. The summed E-state index contributed by atoms with van der Waals surface area (Å²) in [7, 11) is -2.66. The highest BCUT2D eigenvalue weighted by atomic mass is 31.2. The van der Waals surface area contributed by atoms with E-state index in [2.05, 4.69) is 34.7 Å². The van der Waals surface area contributed by atoms with Crippen LogP contribution in [0.1, 0.15) is 31.3 Å². The Morgan fingerprint density at radius 1 is 0.875 bits per heavy atom. The molecular weight excluding hydrogens is 415 g/mol. The van der Waals surface area contributed by atoms with Crippen molar-refractivity contribution in [3.05, 3.63) is 78.2 Å². The molecule has 0 bridgehead atoms. The molecule has 2 aromatic carbocycles. The molecule has 32 heavy (non-hydrogen) atoms. The zero-order chi connectivity index (χ0) is 22.6. The number of hydrogen-bond acceptors (Lipinski definition) is 5. The predicted octanol–water partition coefficient (Wildman–Crippen LogP) is 4.04. The van der Waals surface area contributed by atoms with E-state index in [9.17, 15) is 4.57 Å². The van der Waals surface area contributed by atoms with Gasteiger partial charge in [0.15, 0.2) is 0 Å². The molecule has 4 rings (SSSR count). The summed E-state index contributed by atoms with van der Waals surface area (Å²) in [5.41, 5.74) is 1.02. The number of benzene rings is 2. The Hall–Kier alpha value is -2.49. The van der Waals surface area contributed by atoms with Crippen LogP contribution in [0.25, 0.3) is 0 Å². The molecule has 0 unspecified atom stereocenters. The Balaban J connectivity index is 1.43. The molecule has 3 aromatic rings. The van der Waals surface area contributed by atoms with E-state index >= 15 is 0 Å². The Kier molecular flexibility index (Phi) is 7.07. The molecular formula is C26H33N4OP. The van der Waals surface area contributed by atoms with Crippen LogP contribution in [0.4, 0.5) is 5.82 Å². The second kappa shape index (κ2) is 9.97. The van der Waals surface area contributed by atoms with Gasteiger partial charge in [-0.05, 0) is 6.92 Å². The summed E-state index contributed by atoms with van der Waals surface area (Å²) in [6, 6.07) is 22.0. The Morgan fingerprint density at radius 2 is 1.44 bits per heavy atom.